The number of hydrogen-bond donors (Lipinski definition) is 1. The van der Waals surface area contributed by atoms with Crippen molar-refractivity contribution < 1.29 is 13.5 Å². The third kappa shape index (κ3) is 3.61. The van der Waals surface area contributed by atoms with Gasteiger partial charge in [-0.1, -0.05) is 35.8 Å². The number of benzene rings is 2. The number of anilines is 1. The fourth-order valence-corrected chi connectivity index (χ4v) is 5.96. The van der Waals surface area contributed by atoms with Gasteiger partial charge in [-0.05, 0) is 78.6 Å². The molecule has 0 saturated heterocycles. The summed E-state index contributed by atoms with van der Waals surface area (Å²) >= 11 is 0. The van der Waals surface area contributed by atoms with E-state index in [1.165, 1.54) is 42.7 Å². The van der Waals surface area contributed by atoms with Crippen LogP contribution in [-0.2, 0) is 12.0 Å². The molecule has 0 unspecified atom stereocenters. The number of nitrogen functional groups attached to an aromatic ring is 1. The number of halogens is 1. The lowest BCUT2D eigenvalue weighted by Gasteiger charge is -2.39. The molecule has 2 N–H and O–H groups in total. The topological polar surface area (TPSA) is 87.1 Å². The molecule has 2 heterocycles. The maximum absolute atomic E-state index is 13.1. The van der Waals surface area contributed by atoms with Gasteiger partial charge in [-0.25, -0.2) is 4.39 Å². The van der Waals surface area contributed by atoms with Gasteiger partial charge in [0.1, 0.15) is 18.2 Å². The Balaban J connectivity index is 1.27. The lowest BCUT2D eigenvalue weighted by molar-refractivity contribution is 0.299. The monoisotopic (exact) mass is 456 g/mol. The predicted molar refractivity (Wildman–Crippen MR) is 125 cm³/mol. The smallest absolute Gasteiger partial charge is 0.313 e. The van der Waals surface area contributed by atoms with Gasteiger partial charge in [0.15, 0.2) is 0 Å². The predicted octanol–water partition coefficient (Wildman–Crippen LogP) is 5.54. The lowest BCUT2D eigenvalue weighted by Crippen LogP contribution is -2.34. The summed E-state index contributed by atoms with van der Waals surface area (Å²) in [6.07, 6.45) is 6.21. The number of fused-ring (bicyclic) bond motifs is 2. The minimum atomic E-state index is -0.349. The normalized spacial score (nSPS) is 23.3. The summed E-state index contributed by atoms with van der Waals surface area (Å²) in [5.41, 5.74) is 9.78. The number of nitrogens with two attached hydrogens (primary N) is 1. The number of pyridine rings is 1. The number of aromatic nitrogens is 3. The summed E-state index contributed by atoms with van der Waals surface area (Å²) in [6, 6.07) is 20.0. The highest BCUT2D eigenvalue weighted by molar-refractivity contribution is 5.56. The molecule has 172 valence electrons. The SMILES string of the molecule is Nc1nnc(-c2ccc([C@@]3(c4ccc(OCc5ccc(F)cn5)cc4)C[C@@H]4CC[C@H]3C4)cc2)o1. The molecule has 4 aromatic rings. The molecule has 2 aliphatic rings. The minimum Gasteiger partial charge on any atom is -0.487 e. The van der Waals surface area contributed by atoms with Crippen LogP contribution in [0.25, 0.3) is 11.5 Å². The minimum absolute atomic E-state index is 0.00758. The van der Waals surface area contributed by atoms with E-state index in [1.54, 1.807) is 6.07 Å². The van der Waals surface area contributed by atoms with Crippen LogP contribution in [0.1, 0.15) is 42.5 Å². The van der Waals surface area contributed by atoms with Crippen LogP contribution in [0.5, 0.6) is 5.75 Å². The van der Waals surface area contributed by atoms with E-state index in [0.717, 1.165) is 23.7 Å². The van der Waals surface area contributed by atoms with Crippen molar-refractivity contribution >= 4 is 6.01 Å². The molecule has 34 heavy (non-hydrogen) atoms. The third-order valence-electron chi connectivity index (χ3n) is 7.48. The molecule has 6 rings (SSSR count). The summed E-state index contributed by atoms with van der Waals surface area (Å²) in [7, 11) is 0. The largest absolute Gasteiger partial charge is 0.487 e. The van der Waals surface area contributed by atoms with Gasteiger partial charge in [-0.2, -0.15) is 0 Å². The Kier molecular flexibility index (Phi) is 5.05. The van der Waals surface area contributed by atoms with E-state index in [1.807, 2.05) is 24.3 Å². The molecule has 2 aromatic carbocycles. The van der Waals surface area contributed by atoms with Crippen LogP contribution in [0.15, 0.2) is 71.3 Å². The molecular formula is C27H25FN4O2. The number of rotatable bonds is 6. The van der Waals surface area contributed by atoms with E-state index >= 15 is 0 Å². The van der Waals surface area contributed by atoms with Gasteiger partial charge in [0.25, 0.3) is 0 Å². The molecule has 6 nitrogen and oxygen atoms in total. The molecule has 2 fully saturated rings. The average Bonchev–Trinajstić information content (AvgIpc) is 3.61. The van der Waals surface area contributed by atoms with Crippen molar-refractivity contribution in [3.8, 4) is 17.2 Å². The van der Waals surface area contributed by atoms with Crippen LogP contribution >= 0.6 is 0 Å². The molecule has 2 bridgehead atoms. The van der Waals surface area contributed by atoms with Crippen LogP contribution in [0, 0.1) is 17.7 Å². The number of hydrogen-bond acceptors (Lipinski definition) is 6. The van der Waals surface area contributed by atoms with Crippen molar-refractivity contribution in [1.29, 1.82) is 0 Å². The second kappa shape index (κ2) is 8.24. The summed E-state index contributed by atoms with van der Waals surface area (Å²) in [5.74, 6) is 2.25. The van der Waals surface area contributed by atoms with E-state index in [2.05, 4.69) is 39.4 Å². The van der Waals surface area contributed by atoms with E-state index in [9.17, 15) is 4.39 Å². The highest BCUT2D eigenvalue weighted by Gasteiger charge is 2.52. The Morgan fingerprint density at radius 1 is 0.971 bits per heavy atom. The van der Waals surface area contributed by atoms with Crippen molar-refractivity contribution in [3.05, 3.63) is 89.5 Å². The first-order chi connectivity index (χ1) is 16.6. The maximum atomic E-state index is 13.1. The molecule has 2 aromatic heterocycles. The van der Waals surface area contributed by atoms with Crippen LogP contribution < -0.4 is 10.5 Å². The molecule has 3 atom stereocenters. The Bertz CT molecular complexity index is 1290. The zero-order valence-corrected chi connectivity index (χ0v) is 18.7. The quantitative estimate of drug-likeness (QED) is 0.410. The second-order valence-corrected chi connectivity index (χ2v) is 9.36. The van der Waals surface area contributed by atoms with Gasteiger partial charge >= 0.3 is 6.01 Å². The average molecular weight is 457 g/mol. The lowest BCUT2D eigenvalue weighted by atomic mass is 9.64. The van der Waals surface area contributed by atoms with Crippen LogP contribution in [0.4, 0.5) is 10.4 Å². The molecule has 2 saturated carbocycles. The molecule has 0 spiro atoms. The van der Waals surface area contributed by atoms with Crippen LogP contribution in [-0.4, -0.2) is 15.2 Å². The van der Waals surface area contributed by atoms with Gasteiger partial charge in [0.2, 0.25) is 5.89 Å². The Morgan fingerprint density at radius 3 is 2.32 bits per heavy atom. The van der Waals surface area contributed by atoms with E-state index < -0.39 is 0 Å². The zero-order valence-electron chi connectivity index (χ0n) is 18.7. The molecule has 0 amide bonds. The van der Waals surface area contributed by atoms with Crippen molar-refractivity contribution in [1.82, 2.24) is 15.2 Å². The Labute approximate surface area is 197 Å². The van der Waals surface area contributed by atoms with Crippen LogP contribution in [0.2, 0.25) is 0 Å². The van der Waals surface area contributed by atoms with E-state index in [4.69, 9.17) is 14.9 Å². The van der Waals surface area contributed by atoms with Crippen molar-refractivity contribution in [3.63, 3.8) is 0 Å². The first kappa shape index (κ1) is 20.8. The van der Waals surface area contributed by atoms with E-state index in [0.29, 0.717) is 24.1 Å². The molecular weight excluding hydrogens is 431 g/mol. The molecule has 2 aliphatic carbocycles. The van der Waals surface area contributed by atoms with Crippen LogP contribution in [0.3, 0.4) is 0 Å². The van der Waals surface area contributed by atoms with Gasteiger partial charge < -0.3 is 14.9 Å². The van der Waals surface area contributed by atoms with Crippen molar-refractivity contribution in [2.45, 2.75) is 37.7 Å². The third-order valence-corrected chi connectivity index (χ3v) is 7.48. The van der Waals surface area contributed by atoms with Crippen molar-refractivity contribution in [2.24, 2.45) is 11.8 Å². The fraction of sp³-hybridized carbons (Fsp3) is 0.296. The standard InChI is InChI=1S/C27H25FN4O2/c28-22-9-10-23(30-15-22)16-33-24-11-7-20(8-12-24)27(14-17-1-4-21(27)13-17)19-5-2-18(3-6-19)25-31-32-26(29)34-25/h2-3,5-12,15,17,21H,1,4,13-14,16H2,(H2,29,32)/t17-,21+,27-/m1/s1. The van der Waals surface area contributed by atoms with E-state index in [-0.39, 0.29) is 17.2 Å². The maximum Gasteiger partial charge on any atom is 0.313 e. The molecule has 0 radical (unpaired) electrons. The summed E-state index contributed by atoms with van der Waals surface area (Å²) in [6.45, 7) is 0.303. The zero-order chi connectivity index (χ0) is 23.1. The highest BCUT2D eigenvalue weighted by atomic mass is 19.1. The number of ether oxygens (including phenoxy) is 1. The summed E-state index contributed by atoms with van der Waals surface area (Å²) < 4.78 is 24.4. The summed E-state index contributed by atoms with van der Waals surface area (Å²) in [4.78, 5) is 4.06. The Hall–Kier alpha value is -3.74. The second-order valence-electron chi connectivity index (χ2n) is 9.36. The highest BCUT2D eigenvalue weighted by Crippen LogP contribution is 2.60. The molecule has 0 aliphatic heterocycles. The van der Waals surface area contributed by atoms with Gasteiger partial charge in [0.05, 0.1) is 11.9 Å². The van der Waals surface area contributed by atoms with Gasteiger partial charge in [-0.3, -0.25) is 4.98 Å². The van der Waals surface area contributed by atoms with Gasteiger partial charge in [-0.15, -0.1) is 5.10 Å². The number of nitrogens with zero attached hydrogens (tertiary/aromatic N) is 3. The fourth-order valence-electron chi connectivity index (χ4n) is 5.96. The van der Waals surface area contributed by atoms with Crippen molar-refractivity contribution in [2.75, 3.05) is 5.73 Å². The summed E-state index contributed by atoms with van der Waals surface area (Å²) in [5, 5.41) is 7.76. The first-order valence-corrected chi connectivity index (χ1v) is 11.6. The first-order valence-electron chi connectivity index (χ1n) is 11.6. The molecule has 7 heteroatoms. The van der Waals surface area contributed by atoms with Gasteiger partial charge in [0, 0.05) is 11.0 Å². The Morgan fingerprint density at radius 2 is 1.74 bits per heavy atom.